The minimum absolute atomic E-state index is 0.598. The topological polar surface area (TPSA) is 46.2 Å². The number of hydrogen-bond donors (Lipinski definition) is 0. The van der Waals surface area contributed by atoms with Crippen LogP contribution < -0.4 is 0 Å². The molecule has 0 spiro atoms. The zero-order valence-electron chi connectivity index (χ0n) is 11.3. The lowest BCUT2D eigenvalue weighted by atomic mass is 10.7. The molecule has 0 heterocycles. The maximum absolute atomic E-state index is 5.36. The van der Waals surface area contributed by atoms with Gasteiger partial charge in [0.15, 0.2) is 0 Å². The number of ether oxygens (including phenoxy) is 5. The van der Waals surface area contributed by atoms with Crippen molar-refractivity contribution in [3.05, 3.63) is 0 Å². The molecule has 0 aliphatic rings. The van der Waals surface area contributed by atoms with Gasteiger partial charge in [0.2, 0.25) is 0 Å². The van der Waals surface area contributed by atoms with E-state index in [1.165, 1.54) is 0 Å². The summed E-state index contributed by atoms with van der Waals surface area (Å²) < 4.78 is 28.6. The van der Waals surface area contributed by atoms with Crippen LogP contribution in [0.25, 0.3) is 0 Å². The average Bonchev–Trinajstić information content (AvgIpc) is 2.43. The molecule has 0 aliphatic heterocycles. The summed E-state index contributed by atoms with van der Waals surface area (Å²) in [5, 5.41) is 0. The molecule has 0 aromatic rings. The Balaban J connectivity index is 2.88. The highest BCUT2D eigenvalue weighted by Crippen LogP contribution is 1.86. The van der Waals surface area contributed by atoms with Crippen molar-refractivity contribution in [2.75, 3.05) is 74.9 Å². The number of hydrogen-bond acceptors (Lipinski definition) is 5. The number of rotatable bonds is 16. The molecule has 0 atom stereocenters. The van der Waals surface area contributed by atoms with Gasteiger partial charge in [-0.25, -0.2) is 0 Å². The van der Waals surface area contributed by atoms with Crippen LogP contribution in [0, 0.1) is 0 Å². The van der Waals surface area contributed by atoms with E-state index in [0.717, 1.165) is 22.1 Å². The second-order valence-corrected chi connectivity index (χ2v) is 5.60. The zero-order valence-corrected chi connectivity index (χ0v) is 15.6. The van der Waals surface area contributed by atoms with E-state index >= 15 is 0 Å². The minimum atomic E-state index is 0.598. The fraction of sp³-hybridized carbons (Fsp3) is 1.00. The first-order valence-electron chi connectivity index (χ1n) is 6.42. The summed E-state index contributed by atoms with van der Waals surface area (Å²) in [4.78, 5) is 0. The molecule has 0 aromatic carbocycles. The molecule has 0 unspecified atom stereocenters. The third-order valence-corrected chi connectivity index (χ3v) is 2.81. The standard InChI is InChI=1S/C12H24I2O5/c13-1-3-15-5-7-17-9-11-19-12-10-18-8-6-16-4-2-14/h1-12H2. The summed E-state index contributed by atoms with van der Waals surface area (Å²) in [5.74, 6) is 0. The molecule has 0 fully saturated rings. The quantitative estimate of drug-likeness (QED) is 0.184. The van der Waals surface area contributed by atoms with Crippen LogP contribution in [0.2, 0.25) is 0 Å². The highest BCUT2D eigenvalue weighted by atomic mass is 127. The highest BCUT2D eigenvalue weighted by Gasteiger charge is 1.92. The number of alkyl halides is 2. The molecule has 0 N–H and O–H groups in total. The van der Waals surface area contributed by atoms with Crippen LogP contribution >= 0.6 is 45.2 Å². The normalized spacial score (nSPS) is 11.1. The Morgan fingerprint density at radius 3 is 0.789 bits per heavy atom. The maximum atomic E-state index is 5.36. The second-order valence-electron chi connectivity index (χ2n) is 3.44. The van der Waals surface area contributed by atoms with Crippen LogP contribution in [0.15, 0.2) is 0 Å². The smallest absolute Gasteiger partial charge is 0.0701 e. The van der Waals surface area contributed by atoms with E-state index in [0.29, 0.717) is 52.9 Å². The van der Waals surface area contributed by atoms with Crippen molar-refractivity contribution < 1.29 is 23.7 Å². The average molecular weight is 502 g/mol. The number of halogens is 2. The Labute approximate surface area is 143 Å². The lowest BCUT2D eigenvalue weighted by molar-refractivity contribution is -0.00885. The Kier molecular flexibility index (Phi) is 20.5. The summed E-state index contributed by atoms with van der Waals surface area (Å²) in [5.41, 5.74) is 0. The van der Waals surface area contributed by atoms with Crippen LogP contribution in [0.4, 0.5) is 0 Å². The van der Waals surface area contributed by atoms with Crippen LogP contribution in [-0.4, -0.2) is 74.9 Å². The lowest BCUT2D eigenvalue weighted by Gasteiger charge is -2.07. The molecular formula is C12H24I2O5. The SMILES string of the molecule is ICCOCCOCCOCCOCCOCCI. The van der Waals surface area contributed by atoms with E-state index in [-0.39, 0.29) is 0 Å². The summed E-state index contributed by atoms with van der Waals surface area (Å²) in [7, 11) is 0. The molecular weight excluding hydrogens is 478 g/mol. The molecule has 0 rings (SSSR count). The van der Waals surface area contributed by atoms with Gasteiger partial charge in [-0.15, -0.1) is 0 Å². The van der Waals surface area contributed by atoms with Crippen molar-refractivity contribution >= 4 is 45.2 Å². The largest absolute Gasteiger partial charge is 0.378 e. The molecule has 7 heteroatoms. The monoisotopic (exact) mass is 502 g/mol. The van der Waals surface area contributed by atoms with Crippen molar-refractivity contribution in [2.45, 2.75) is 0 Å². The first-order valence-corrected chi connectivity index (χ1v) is 9.47. The van der Waals surface area contributed by atoms with Gasteiger partial charge in [-0.1, -0.05) is 45.2 Å². The van der Waals surface area contributed by atoms with Crippen molar-refractivity contribution in [1.82, 2.24) is 0 Å². The Bertz CT molecular complexity index is 147. The second kappa shape index (κ2) is 19.3. The summed E-state index contributed by atoms with van der Waals surface area (Å²) in [6, 6.07) is 0. The molecule has 0 amide bonds. The highest BCUT2D eigenvalue weighted by molar-refractivity contribution is 14.1. The molecule has 116 valence electrons. The predicted molar refractivity (Wildman–Crippen MR) is 91.9 cm³/mol. The fourth-order valence-corrected chi connectivity index (χ4v) is 1.71. The zero-order chi connectivity index (χ0) is 14.0. The van der Waals surface area contributed by atoms with Gasteiger partial charge < -0.3 is 23.7 Å². The molecule has 5 nitrogen and oxygen atoms in total. The van der Waals surface area contributed by atoms with E-state index < -0.39 is 0 Å². The van der Waals surface area contributed by atoms with Crippen molar-refractivity contribution in [3.63, 3.8) is 0 Å². The Hall–Kier alpha value is 1.26. The summed E-state index contributed by atoms with van der Waals surface area (Å²) in [6.07, 6.45) is 0. The Morgan fingerprint density at radius 2 is 0.579 bits per heavy atom. The fourth-order valence-electron chi connectivity index (χ4n) is 1.09. The molecule has 0 radical (unpaired) electrons. The van der Waals surface area contributed by atoms with Crippen LogP contribution in [0.5, 0.6) is 0 Å². The molecule has 0 aliphatic carbocycles. The first-order chi connectivity index (χ1) is 9.41. The first kappa shape index (κ1) is 20.3. The van der Waals surface area contributed by atoms with Crippen LogP contribution in [0.1, 0.15) is 0 Å². The van der Waals surface area contributed by atoms with Gasteiger partial charge in [0.05, 0.1) is 66.1 Å². The van der Waals surface area contributed by atoms with Crippen LogP contribution in [0.3, 0.4) is 0 Å². The third-order valence-electron chi connectivity index (χ3n) is 1.93. The van der Waals surface area contributed by atoms with Crippen molar-refractivity contribution in [2.24, 2.45) is 0 Å². The third kappa shape index (κ3) is 19.3. The lowest BCUT2D eigenvalue weighted by Crippen LogP contribution is -2.13. The van der Waals surface area contributed by atoms with E-state index in [2.05, 4.69) is 45.2 Å². The van der Waals surface area contributed by atoms with Gasteiger partial charge in [0, 0.05) is 8.86 Å². The molecule has 0 saturated heterocycles. The molecule has 19 heavy (non-hydrogen) atoms. The summed E-state index contributed by atoms with van der Waals surface area (Å²) >= 11 is 4.56. The van der Waals surface area contributed by atoms with E-state index in [9.17, 15) is 0 Å². The van der Waals surface area contributed by atoms with Gasteiger partial charge in [-0.2, -0.15) is 0 Å². The Morgan fingerprint density at radius 1 is 0.368 bits per heavy atom. The van der Waals surface area contributed by atoms with Crippen LogP contribution in [-0.2, 0) is 23.7 Å². The molecule has 0 bridgehead atoms. The predicted octanol–water partition coefficient (Wildman–Crippen LogP) is 1.94. The van der Waals surface area contributed by atoms with E-state index in [1.807, 2.05) is 0 Å². The van der Waals surface area contributed by atoms with Gasteiger partial charge in [-0.05, 0) is 0 Å². The molecule has 0 aromatic heterocycles. The van der Waals surface area contributed by atoms with E-state index in [1.54, 1.807) is 0 Å². The minimum Gasteiger partial charge on any atom is -0.378 e. The van der Waals surface area contributed by atoms with Gasteiger partial charge in [0.25, 0.3) is 0 Å². The van der Waals surface area contributed by atoms with Gasteiger partial charge in [-0.3, -0.25) is 0 Å². The van der Waals surface area contributed by atoms with E-state index in [4.69, 9.17) is 23.7 Å². The summed E-state index contributed by atoms with van der Waals surface area (Å²) in [6.45, 7) is 6.56. The molecule has 0 saturated carbocycles. The van der Waals surface area contributed by atoms with Crippen molar-refractivity contribution in [3.8, 4) is 0 Å². The van der Waals surface area contributed by atoms with Crippen molar-refractivity contribution in [1.29, 1.82) is 0 Å². The van der Waals surface area contributed by atoms with Gasteiger partial charge in [0.1, 0.15) is 0 Å². The maximum Gasteiger partial charge on any atom is 0.0701 e. The van der Waals surface area contributed by atoms with Gasteiger partial charge >= 0.3 is 0 Å².